The van der Waals surface area contributed by atoms with Crippen molar-refractivity contribution in [1.29, 1.82) is 0 Å². The van der Waals surface area contributed by atoms with E-state index in [2.05, 4.69) is 158 Å². The molecule has 0 N–H and O–H groups in total. The van der Waals surface area contributed by atoms with Crippen molar-refractivity contribution in [3.63, 3.8) is 0 Å². The molecule has 2 aliphatic heterocycles. The number of hydrogen-bond donors (Lipinski definition) is 0. The number of ether oxygens (including phenoxy) is 3. The van der Waals surface area contributed by atoms with Crippen LogP contribution in [0.25, 0.3) is 71.1 Å². The Bertz CT molecular complexity index is 2530. The summed E-state index contributed by atoms with van der Waals surface area (Å²) in [5, 5.41) is 10.0. The second kappa shape index (κ2) is 11.4. The van der Waals surface area contributed by atoms with Crippen LogP contribution < -0.4 is 0 Å². The fourth-order valence-electron chi connectivity index (χ4n) is 7.78. The van der Waals surface area contributed by atoms with E-state index in [4.69, 9.17) is 14.2 Å². The maximum Gasteiger partial charge on any atom is 0.171 e. The Balaban J connectivity index is 0.961. The van der Waals surface area contributed by atoms with Crippen molar-refractivity contribution in [2.24, 2.45) is 0 Å². The Morgan fingerprint density at radius 3 is 1.73 bits per heavy atom. The lowest BCUT2D eigenvalue weighted by Gasteiger charge is -2.25. The number of hydrogen-bond acceptors (Lipinski definition) is 3. The maximum atomic E-state index is 6.74. The van der Waals surface area contributed by atoms with E-state index in [1.54, 1.807) is 0 Å². The van der Waals surface area contributed by atoms with E-state index in [0.717, 1.165) is 22.6 Å². The first-order chi connectivity index (χ1) is 24.3. The van der Waals surface area contributed by atoms with Crippen LogP contribution in [0.15, 0.2) is 163 Å². The first kappa shape index (κ1) is 28.1. The van der Waals surface area contributed by atoms with E-state index in [1.165, 1.54) is 65.3 Å². The molecular weight excluding hydrogens is 601 g/mol. The minimum atomic E-state index is -0.288. The molecule has 49 heavy (non-hydrogen) atoms. The van der Waals surface area contributed by atoms with Gasteiger partial charge in [0.25, 0.3) is 0 Å². The highest BCUT2D eigenvalue weighted by Gasteiger charge is 2.42. The van der Waals surface area contributed by atoms with Gasteiger partial charge in [0.2, 0.25) is 0 Å². The van der Waals surface area contributed by atoms with Crippen molar-refractivity contribution >= 4 is 48.8 Å². The molecule has 2 heterocycles. The van der Waals surface area contributed by atoms with Gasteiger partial charge in [-0.15, -0.1) is 0 Å². The summed E-state index contributed by atoms with van der Waals surface area (Å²) in [4.78, 5) is 0. The molecule has 0 saturated carbocycles. The van der Waals surface area contributed by atoms with Gasteiger partial charge in [0, 0.05) is 5.56 Å². The lowest BCUT2D eigenvalue weighted by molar-refractivity contribution is -0.0698. The molecule has 3 heteroatoms. The molecule has 10 rings (SSSR count). The van der Waals surface area contributed by atoms with E-state index in [0.29, 0.717) is 13.2 Å². The van der Waals surface area contributed by atoms with Crippen LogP contribution in [-0.2, 0) is 14.2 Å². The van der Waals surface area contributed by atoms with E-state index < -0.39 is 0 Å². The van der Waals surface area contributed by atoms with Crippen LogP contribution in [0.4, 0.5) is 0 Å². The lowest BCUT2D eigenvalue weighted by Crippen LogP contribution is -2.29. The molecule has 1 unspecified atom stereocenters. The van der Waals surface area contributed by atoms with Crippen LogP contribution in [-0.4, -0.2) is 19.3 Å². The quantitative estimate of drug-likeness (QED) is 0.143. The average molecular weight is 633 g/mol. The Hall–Kier alpha value is -5.90. The van der Waals surface area contributed by atoms with Gasteiger partial charge in [-0.2, -0.15) is 0 Å². The highest BCUT2D eigenvalue weighted by molar-refractivity contribution is 6.12. The van der Waals surface area contributed by atoms with Gasteiger partial charge in [0.05, 0.1) is 6.61 Å². The van der Waals surface area contributed by atoms with Crippen LogP contribution in [0.3, 0.4) is 0 Å². The zero-order valence-corrected chi connectivity index (χ0v) is 26.8. The standard InChI is InChI=1S/C46H32O3/c1-4-10-38-30(7-1)15-22-37-27-34(23-24-39(37)38)29-13-18-32(19-14-29)43-45-46(48-26-25-47-45)44(49-43)33-20-16-31(17-21-33)42-40-11-5-2-8-35(40)28-36-9-3-6-12-41(36)42/h1-24,27-28,43,45H,25-26H2/t43-,45?/m0/s1. The first-order valence-electron chi connectivity index (χ1n) is 17.0. The fraction of sp³-hybridized carbons (Fsp3) is 0.0870. The van der Waals surface area contributed by atoms with E-state index in [-0.39, 0.29) is 12.2 Å². The van der Waals surface area contributed by atoms with Crippen LogP contribution in [0.2, 0.25) is 0 Å². The third-order valence-corrected chi connectivity index (χ3v) is 10.2. The molecule has 0 radical (unpaired) electrons. The summed E-state index contributed by atoms with van der Waals surface area (Å²) in [7, 11) is 0. The predicted octanol–water partition coefficient (Wildman–Crippen LogP) is 11.5. The smallest absolute Gasteiger partial charge is 0.171 e. The minimum Gasteiger partial charge on any atom is -0.489 e. The van der Waals surface area contributed by atoms with E-state index in [9.17, 15) is 0 Å². The van der Waals surface area contributed by atoms with Crippen molar-refractivity contribution in [2.45, 2.75) is 12.2 Å². The Kier molecular flexibility index (Phi) is 6.53. The Morgan fingerprint density at radius 1 is 0.408 bits per heavy atom. The van der Waals surface area contributed by atoms with Gasteiger partial charge in [0.15, 0.2) is 23.7 Å². The summed E-state index contributed by atoms with van der Waals surface area (Å²) < 4.78 is 19.3. The first-order valence-corrected chi connectivity index (χ1v) is 17.0. The summed E-state index contributed by atoms with van der Waals surface area (Å²) in [6.07, 6.45) is -0.575. The summed E-state index contributed by atoms with van der Waals surface area (Å²) >= 11 is 0. The molecule has 0 amide bonds. The molecule has 3 nitrogen and oxygen atoms in total. The topological polar surface area (TPSA) is 27.7 Å². The van der Waals surface area contributed by atoms with Crippen LogP contribution in [0.5, 0.6) is 0 Å². The molecule has 1 fully saturated rings. The van der Waals surface area contributed by atoms with Gasteiger partial charge in [-0.1, -0.05) is 146 Å². The largest absolute Gasteiger partial charge is 0.489 e. The molecule has 234 valence electrons. The van der Waals surface area contributed by atoms with Gasteiger partial charge in [-0.05, 0) is 83.0 Å². The molecule has 0 bridgehead atoms. The Labute approximate surface area is 284 Å². The van der Waals surface area contributed by atoms with Crippen LogP contribution >= 0.6 is 0 Å². The van der Waals surface area contributed by atoms with Crippen molar-refractivity contribution in [3.8, 4) is 22.3 Å². The Morgan fingerprint density at radius 2 is 0.980 bits per heavy atom. The molecule has 0 spiro atoms. The van der Waals surface area contributed by atoms with E-state index in [1.807, 2.05) is 0 Å². The highest BCUT2D eigenvalue weighted by atomic mass is 16.6. The molecule has 2 atom stereocenters. The highest BCUT2D eigenvalue weighted by Crippen LogP contribution is 2.45. The molecule has 0 aromatic heterocycles. The van der Waals surface area contributed by atoms with Gasteiger partial charge < -0.3 is 14.2 Å². The zero-order valence-electron chi connectivity index (χ0n) is 26.8. The monoisotopic (exact) mass is 632 g/mol. The number of fused-ring (bicyclic) bond motifs is 6. The van der Waals surface area contributed by atoms with Crippen LogP contribution in [0, 0.1) is 0 Å². The molecule has 2 aliphatic rings. The fourth-order valence-corrected chi connectivity index (χ4v) is 7.78. The third-order valence-electron chi connectivity index (χ3n) is 10.2. The van der Waals surface area contributed by atoms with Crippen molar-refractivity contribution in [1.82, 2.24) is 0 Å². The van der Waals surface area contributed by atoms with Crippen molar-refractivity contribution in [2.75, 3.05) is 13.2 Å². The number of rotatable bonds is 4. The molecule has 8 aromatic rings. The zero-order chi connectivity index (χ0) is 32.3. The van der Waals surface area contributed by atoms with Crippen LogP contribution in [0.1, 0.15) is 17.2 Å². The SMILES string of the molecule is c1ccc2c(-c3ccc(C4=C5OCCOC5[C@H](c5ccc(-c6ccc7c(ccc8ccccc87)c6)cc5)O4)cc3)c3ccccc3cc2c1. The summed E-state index contributed by atoms with van der Waals surface area (Å²) in [5.41, 5.74) is 6.84. The third kappa shape index (κ3) is 4.69. The number of benzene rings is 8. The normalized spacial score (nSPS) is 17.4. The molecular formula is C46H32O3. The molecule has 1 saturated heterocycles. The second-order valence-corrected chi connectivity index (χ2v) is 13.0. The van der Waals surface area contributed by atoms with Gasteiger partial charge in [0.1, 0.15) is 6.61 Å². The van der Waals surface area contributed by atoms with Gasteiger partial charge >= 0.3 is 0 Å². The van der Waals surface area contributed by atoms with E-state index >= 15 is 0 Å². The lowest BCUT2D eigenvalue weighted by atomic mass is 9.91. The van der Waals surface area contributed by atoms with Crippen molar-refractivity contribution < 1.29 is 14.2 Å². The summed E-state index contributed by atoms with van der Waals surface area (Å²) in [6.45, 7) is 1.06. The minimum absolute atomic E-state index is 0.287. The maximum absolute atomic E-state index is 6.74. The van der Waals surface area contributed by atoms with Gasteiger partial charge in [-0.25, -0.2) is 0 Å². The predicted molar refractivity (Wildman–Crippen MR) is 200 cm³/mol. The average Bonchev–Trinajstić information content (AvgIpc) is 3.56. The molecule has 0 aliphatic carbocycles. The van der Waals surface area contributed by atoms with Gasteiger partial charge in [-0.3, -0.25) is 0 Å². The van der Waals surface area contributed by atoms with Crippen molar-refractivity contribution in [3.05, 3.63) is 175 Å². The summed E-state index contributed by atoms with van der Waals surface area (Å²) in [6, 6.07) is 56.7. The molecule has 8 aromatic carbocycles. The summed E-state index contributed by atoms with van der Waals surface area (Å²) in [5.74, 6) is 1.54. The second-order valence-electron chi connectivity index (χ2n) is 13.0.